The topological polar surface area (TPSA) is 124 Å². The number of benzene rings is 2. The van der Waals surface area contributed by atoms with E-state index >= 15 is 0 Å². The van der Waals surface area contributed by atoms with Gasteiger partial charge in [-0.3, -0.25) is 9.59 Å². The zero-order valence-electron chi connectivity index (χ0n) is 21.4. The lowest BCUT2D eigenvalue weighted by Gasteiger charge is -2.34. The molecule has 7 N–H and O–H groups in total. The fraction of sp³-hybridized carbons (Fsp3) is 0.481. The second-order valence-electron chi connectivity index (χ2n) is 9.68. The van der Waals surface area contributed by atoms with Gasteiger partial charge in [0.15, 0.2) is 23.2 Å². The van der Waals surface area contributed by atoms with Crippen molar-refractivity contribution in [1.29, 1.82) is 0 Å². The number of likely N-dealkylation sites (N-methyl/N-ethyl adjacent to an activating group) is 1. The number of nitrogens with one attached hydrogen (secondary N) is 1. The summed E-state index contributed by atoms with van der Waals surface area (Å²) in [5.74, 6) is -5.39. The van der Waals surface area contributed by atoms with Crippen molar-refractivity contribution in [2.75, 3.05) is 39.8 Å². The summed E-state index contributed by atoms with van der Waals surface area (Å²) in [6, 6.07) is 9.35. The van der Waals surface area contributed by atoms with Crippen molar-refractivity contribution in [2.24, 2.45) is 17.2 Å². The molecule has 0 saturated heterocycles. The van der Waals surface area contributed by atoms with Crippen LogP contribution >= 0.6 is 0 Å². The number of carbonyl (C=O) groups excluding carboxylic acids is 2. The van der Waals surface area contributed by atoms with Gasteiger partial charge in [-0.2, -0.15) is 0 Å². The van der Waals surface area contributed by atoms with E-state index in [2.05, 4.69) is 12.4 Å². The van der Waals surface area contributed by atoms with Gasteiger partial charge in [0.2, 0.25) is 5.91 Å². The molecule has 0 fully saturated rings. The first-order valence-electron chi connectivity index (χ1n) is 12.6. The molecule has 2 atom stereocenters. The van der Waals surface area contributed by atoms with Crippen LogP contribution in [0.25, 0.3) is 0 Å². The van der Waals surface area contributed by atoms with Gasteiger partial charge in [-0.15, -0.1) is 0 Å². The summed E-state index contributed by atoms with van der Waals surface area (Å²) in [6.45, 7) is 3.31. The highest BCUT2D eigenvalue weighted by Gasteiger charge is 2.26. The first-order chi connectivity index (χ1) is 17.6. The third-order valence-corrected chi connectivity index (χ3v) is 6.64. The zero-order chi connectivity index (χ0) is 27.4. The van der Waals surface area contributed by atoms with Crippen LogP contribution in [0.3, 0.4) is 0 Å². The Bertz CT molecular complexity index is 1020. The molecule has 2 aromatic carbocycles. The molecule has 2 rings (SSSR count). The Morgan fingerprint density at radius 1 is 0.919 bits per heavy atom. The summed E-state index contributed by atoms with van der Waals surface area (Å²) in [4.78, 5) is 25.9. The Labute approximate surface area is 216 Å². The normalized spacial score (nSPS) is 13.3. The molecule has 1 amide bonds. The van der Waals surface area contributed by atoms with Gasteiger partial charge in [-0.1, -0.05) is 36.4 Å². The lowest BCUT2D eigenvalue weighted by molar-refractivity contribution is -0.907. The van der Waals surface area contributed by atoms with Crippen molar-refractivity contribution in [3.8, 4) is 0 Å². The lowest BCUT2D eigenvalue weighted by Crippen LogP contribution is -2.52. The molecule has 0 aliphatic carbocycles. The van der Waals surface area contributed by atoms with Crippen molar-refractivity contribution < 1.29 is 27.2 Å². The first kappa shape index (κ1) is 30.4. The highest BCUT2D eigenvalue weighted by molar-refractivity contribution is 5.91. The van der Waals surface area contributed by atoms with Gasteiger partial charge in [-0.25, -0.2) is 13.2 Å². The number of carbonyl (C=O) groups is 2. The van der Waals surface area contributed by atoms with Gasteiger partial charge in [-0.05, 0) is 42.9 Å². The molecule has 2 aromatic rings. The molecule has 0 spiro atoms. The second-order valence-corrected chi connectivity index (χ2v) is 9.68. The number of hydrogen-bond acceptors (Lipinski definition) is 5. The fourth-order valence-corrected chi connectivity index (χ4v) is 4.34. The quantitative estimate of drug-likeness (QED) is 0.198. The molecule has 0 aliphatic heterocycles. The summed E-state index contributed by atoms with van der Waals surface area (Å²) >= 11 is 0. The van der Waals surface area contributed by atoms with E-state index in [0.29, 0.717) is 36.8 Å². The average Bonchev–Trinajstić information content (AvgIpc) is 2.87. The number of ketones is 1. The minimum absolute atomic E-state index is 0.245. The predicted molar refractivity (Wildman–Crippen MR) is 138 cm³/mol. The predicted octanol–water partition coefficient (Wildman–Crippen LogP) is 1.80. The van der Waals surface area contributed by atoms with E-state index in [1.165, 1.54) is 0 Å². The summed E-state index contributed by atoms with van der Waals surface area (Å²) < 4.78 is 41.8. The second kappa shape index (κ2) is 14.8. The van der Waals surface area contributed by atoms with Crippen LogP contribution < -0.4 is 22.5 Å². The van der Waals surface area contributed by atoms with Gasteiger partial charge in [0.1, 0.15) is 0 Å². The van der Waals surface area contributed by atoms with Crippen LogP contribution in [0.2, 0.25) is 0 Å². The van der Waals surface area contributed by atoms with Crippen molar-refractivity contribution in [3.63, 3.8) is 0 Å². The zero-order valence-corrected chi connectivity index (χ0v) is 21.4. The molecule has 0 radical (unpaired) electrons. The molecule has 0 saturated carbocycles. The smallest absolute Gasteiger partial charge is 0.237 e. The molecule has 204 valence electrons. The van der Waals surface area contributed by atoms with Crippen molar-refractivity contribution >= 4 is 11.7 Å². The molecular formula is C27H39F3N5O2+. The number of aryl methyl sites for hydroxylation is 1. The highest BCUT2D eigenvalue weighted by atomic mass is 19.2. The number of nitrogens with two attached hydrogens (primary N) is 3. The first-order valence-corrected chi connectivity index (χ1v) is 12.6. The third kappa shape index (κ3) is 9.55. The van der Waals surface area contributed by atoms with Crippen LogP contribution in [-0.2, 0) is 22.4 Å². The van der Waals surface area contributed by atoms with Crippen LogP contribution in [-0.4, -0.2) is 68.0 Å². The summed E-state index contributed by atoms with van der Waals surface area (Å²) in [6.07, 6.45) is 1.28. The number of quaternary nitrogens is 1. The van der Waals surface area contributed by atoms with Crippen LogP contribution in [0.4, 0.5) is 13.2 Å². The van der Waals surface area contributed by atoms with Crippen molar-refractivity contribution in [1.82, 2.24) is 5.32 Å². The molecule has 37 heavy (non-hydrogen) atoms. The summed E-state index contributed by atoms with van der Waals surface area (Å²) in [5, 5.41) is 2.70. The van der Waals surface area contributed by atoms with Crippen LogP contribution in [0.5, 0.6) is 0 Å². The van der Waals surface area contributed by atoms with Crippen molar-refractivity contribution in [3.05, 3.63) is 71.0 Å². The van der Waals surface area contributed by atoms with Gasteiger partial charge in [0.25, 0.3) is 0 Å². The number of Topliss-reactive ketones (excluding diaryl/α,β-unsaturated/α-hetero) is 1. The Morgan fingerprint density at radius 2 is 1.57 bits per heavy atom. The van der Waals surface area contributed by atoms with E-state index in [4.69, 9.17) is 17.2 Å². The monoisotopic (exact) mass is 522 g/mol. The third-order valence-electron chi connectivity index (χ3n) is 6.64. The average molecular weight is 523 g/mol. The largest absolute Gasteiger partial charge is 0.345 e. The molecule has 0 heterocycles. The summed E-state index contributed by atoms with van der Waals surface area (Å²) in [7, 11) is 2.06. The maximum Gasteiger partial charge on any atom is 0.237 e. The number of halogens is 3. The minimum atomic E-state index is -1.63. The van der Waals surface area contributed by atoms with Crippen molar-refractivity contribution in [2.45, 2.75) is 44.2 Å². The Hall–Kier alpha value is -2.79. The van der Waals surface area contributed by atoms with E-state index in [1.54, 1.807) is 0 Å². The van der Waals surface area contributed by atoms with E-state index in [0.717, 1.165) is 37.3 Å². The molecule has 0 aliphatic rings. The number of rotatable bonds is 16. The highest BCUT2D eigenvalue weighted by Crippen LogP contribution is 2.17. The van der Waals surface area contributed by atoms with E-state index in [-0.39, 0.29) is 12.0 Å². The SMILES string of the molecule is C[N+](CCN)(CCN)CCC[C@H](N)C(=O)N[C@@H](CCc1ccccc1)C(=O)Cc1ccc(F)c(F)c1F. The molecule has 0 unspecified atom stereocenters. The van der Waals surface area contributed by atoms with Crippen LogP contribution in [0, 0.1) is 17.5 Å². The number of hydrogen-bond donors (Lipinski definition) is 4. The van der Waals surface area contributed by atoms with Gasteiger partial charge >= 0.3 is 0 Å². The number of amides is 1. The molecule has 0 aromatic heterocycles. The minimum Gasteiger partial charge on any atom is -0.345 e. The van der Waals surface area contributed by atoms with Crippen LogP contribution in [0.15, 0.2) is 42.5 Å². The Balaban J connectivity index is 2.06. The fourth-order valence-electron chi connectivity index (χ4n) is 4.34. The summed E-state index contributed by atoms with van der Waals surface area (Å²) in [5.41, 5.74) is 18.2. The lowest BCUT2D eigenvalue weighted by atomic mass is 9.97. The maximum atomic E-state index is 14.2. The molecular weight excluding hydrogens is 483 g/mol. The van der Waals surface area contributed by atoms with E-state index < -0.39 is 47.6 Å². The van der Waals surface area contributed by atoms with E-state index in [9.17, 15) is 22.8 Å². The Kier molecular flexibility index (Phi) is 12.2. The molecule has 0 bridgehead atoms. The standard InChI is InChI=1S/C27H38F3N5O2/c1-35(16-13-31,17-14-32)15-5-8-22(33)27(37)34-23(12-9-19-6-3-2-4-7-19)24(36)18-20-10-11-21(28)26(30)25(20)29/h2-4,6-7,10-11,22-23H,5,8-9,12-18,31-33H2,1H3/p+1/t22-,23-/m0/s1. The Morgan fingerprint density at radius 3 is 2.19 bits per heavy atom. The molecule has 10 heteroatoms. The number of nitrogens with zero attached hydrogens (tertiary/aromatic N) is 1. The van der Waals surface area contributed by atoms with Gasteiger partial charge in [0.05, 0.1) is 38.8 Å². The molecule has 7 nitrogen and oxygen atoms in total. The van der Waals surface area contributed by atoms with E-state index in [1.807, 2.05) is 30.3 Å². The van der Waals surface area contributed by atoms with Gasteiger partial charge < -0.3 is 27.0 Å². The van der Waals surface area contributed by atoms with Gasteiger partial charge in [0, 0.05) is 19.5 Å². The maximum absolute atomic E-state index is 14.2. The van der Waals surface area contributed by atoms with Crippen LogP contribution in [0.1, 0.15) is 30.4 Å².